The number of unbranched alkanes of at least 4 members (excludes halogenated alkanes) is 1. The van der Waals surface area contributed by atoms with Crippen molar-refractivity contribution in [3.63, 3.8) is 0 Å². The number of carboxylic acids is 2. The van der Waals surface area contributed by atoms with Crippen LogP contribution in [0.4, 0.5) is 0 Å². The number of amides is 8. The predicted molar refractivity (Wildman–Crippen MR) is 225 cm³/mol. The number of carbonyl (C=O) groups is 10. The number of rotatable bonds is 29. The number of phenols is 1. The normalized spacial score (nSPS) is 15.3. The lowest BCUT2D eigenvalue weighted by molar-refractivity contribution is -0.143. The third-order valence-electron chi connectivity index (χ3n) is 9.42. The molecule has 0 unspecified atom stereocenters. The molecule has 64 heavy (non-hydrogen) atoms. The van der Waals surface area contributed by atoms with Gasteiger partial charge in [-0.05, 0) is 76.1 Å². The van der Waals surface area contributed by atoms with Crippen LogP contribution < -0.4 is 48.7 Å². The first kappa shape index (κ1) is 55.6. The van der Waals surface area contributed by atoms with Crippen LogP contribution in [-0.4, -0.2) is 146 Å². The summed E-state index contributed by atoms with van der Waals surface area (Å²) in [5.74, 6) is -11.2. The van der Waals surface area contributed by atoms with Crippen molar-refractivity contribution in [3.8, 4) is 5.75 Å². The number of benzene rings is 1. The Hall–Kier alpha value is -6.40. The number of primary amides is 1. The van der Waals surface area contributed by atoms with E-state index in [2.05, 4.69) is 37.2 Å². The van der Waals surface area contributed by atoms with E-state index < -0.39 is 127 Å². The summed E-state index contributed by atoms with van der Waals surface area (Å²) in [7, 11) is 0. The van der Waals surface area contributed by atoms with Gasteiger partial charge in [-0.1, -0.05) is 26.0 Å². The van der Waals surface area contributed by atoms with Gasteiger partial charge in [0.25, 0.3) is 0 Å². The summed E-state index contributed by atoms with van der Waals surface area (Å²) >= 11 is 0. The Morgan fingerprint density at radius 1 is 0.594 bits per heavy atom. The fraction of sp³-hybridized carbons (Fsp3) is 0.600. The maximum atomic E-state index is 13.8. The average molecular weight is 910 g/mol. The van der Waals surface area contributed by atoms with Crippen LogP contribution in [-0.2, 0) is 54.4 Å². The molecule has 0 aliphatic heterocycles. The topological polar surface area (TPSA) is 408 Å². The predicted octanol–water partition coefficient (Wildman–Crippen LogP) is -3.89. The highest BCUT2D eigenvalue weighted by Crippen LogP contribution is 2.13. The molecule has 1 aromatic rings. The van der Waals surface area contributed by atoms with Crippen molar-refractivity contribution in [3.05, 3.63) is 29.8 Å². The number of aromatic hydroxyl groups is 1. The van der Waals surface area contributed by atoms with E-state index in [0.29, 0.717) is 12.0 Å². The number of carbonyl (C=O) groups excluding carboxylic acids is 8. The van der Waals surface area contributed by atoms with Crippen LogP contribution in [0.15, 0.2) is 24.3 Å². The fourth-order valence-corrected chi connectivity index (χ4v) is 6.11. The fourth-order valence-electron chi connectivity index (χ4n) is 6.11. The van der Waals surface area contributed by atoms with E-state index in [1.54, 1.807) is 13.8 Å². The van der Waals surface area contributed by atoms with Gasteiger partial charge in [-0.25, -0.2) is 4.79 Å². The smallest absolute Gasteiger partial charge is 0.326 e. The summed E-state index contributed by atoms with van der Waals surface area (Å²) in [5.41, 5.74) is 11.3. The highest BCUT2D eigenvalue weighted by molar-refractivity contribution is 5.98. The Bertz CT molecular complexity index is 1790. The van der Waals surface area contributed by atoms with Gasteiger partial charge in [-0.2, -0.15) is 0 Å². The monoisotopic (exact) mass is 909 g/mol. The van der Waals surface area contributed by atoms with Gasteiger partial charge in [-0.15, -0.1) is 0 Å². The molecule has 8 amide bonds. The van der Waals surface area contributed by atoms with Crippen molar-refractivity contribution < 1.29 is 73.5 Å². The largest absolute Gasteiger partial charge is 0.508 e. The molecule has 9 atom stereocenters. The number of nitrogens with two attached hydrogens (primary N) is 2. The number of hydrogen-bond donors (Lipinski definition) is 14. The number of carboxylic acid groups (broad SMARTS) is 2. The van der Waals surface area contributed by atoms with Gasteiger partial charge in [0.2, 0.25) is 47.3 Å². The molecule has 0 fully saturated rings. The van der Waals surface area contributed by atoms with Crippen LogP contribution in [0.2, 0.25) is 0 Å². The minimum atomic E-state index is -1.87. The molecule has 0 aromatic heterocycles. The summed E-state index contributed by atoms with van der Waals surface area (Å²) in [6.45, 7) is 6.90. The zero-order chi connectivity index (χ0) is 48.8. The van der Waals surface area contributed by atoms with Crippen LogP contribution in [0, 0.1) is 5.92 Å². The molecule has 16 N–H and O–H groups in total. The second-order valence-corrected chi connectivity index (χ2v) is 15.7. The summed E-state index contributed by atoms with van der Waals surface area (Å²) in [4.78, 5) is 128. The molecule has 1 aromatic carbocycles. The highest BCUT2D eigenvalue weighted by atomic mass is 16.4. The summed E-state index contributed by atoms with van der Waals surface area (Å²) < 4.78 is 0. The molecule has 0 radical (unpaired) electrons. The molecular weight excluding hydrogens is 846 g/mol. The Morgan fingerprint density at radius 3 is 1.52 bits per heavy atom. The van der Waals surface area contributed by atoms with Crippen molar-refractivity contribution in [2.24, 2.45) is 17.4 Å². The van der Waals surface area contributed by atoms with E-state index >= 15 is 0 Å². The van der Waals surface area contributed by atoms with Gasteiger partial charge >= 0.3 is 11.9 Å². The van der Waals surface area contributed by atoms with Crippen molar-refractivity contribution >= 4 is 59.2 Å². The minimum absolute atomic E-state index is 0.00954. The number of aliphatic carboxylic acids is 2. The molecule has 358 valence electrons. The first-order chi connectivity index (χ1) is 29.9. The molecule has 1 rings (SSSR count). The molecule has 0 bridgehead atoms. The number of aliphatic hydroxyl groups is 2. The first-order valence-electron chi connectivity index (χ1n) is 20.5. The number of hydrogen-bond acceptors (Lipinski definition) is 14. The van der Waals surface area contributed by atoms with Crippen LogP contribution in [0.25, 0.3) is 0 Å². The molecule has 0 aliphatic carbocycles. The Labute approximate surface area is 369 Å². The number of aliphatic hydroxyl groups excluding tert-OH is 2. The van der Waals surface area contributed by atoms with Crippen LogP contribution >= 0.6 is 0 Å². The summed E-state index contributed by atoms with van der Waals surface area (Å²) in [6.07, 6.45) is -4.85. The van der Waals surface area contributed by atoms with Crippen molar-refractivity contribution in [1.82, 2.24) is 37.2 Å². The molecular formula is C40H63N9O15. The van der Waals surface area contributed by atoms with Crippen LogP contribution in [0.1, 0.15) is 85.1 Å². The van der Waals surface area contributed by atoms with E-state index in [1.165, 1.54) is 24.3 Å². The Balaban J connectivity index is 3.41. The zero-order valence-corrected chi connectivity index (χ0v) is 36.4. The molecule has 24 nitrogen and oxygen atoms in total. The maximum Gasteiger partial charge on any atom is 0.326 e. The molecule has 0 saturated heterocycles. The van der Waals surface area contributed by atoms with Gasteiger partial charge in [0.1, 0.15) is 48.0 Å². The summed E-state index contributed by atoms with van der Waals surface area (Å²) in [6, 6.07) is -5.85. The Morgan fingerprint density at radius 2 is 1.05 bits per heavy atom. The standard InChI is InChI=1S/C40H63N9O15/c1-19(2)16-29(40(63)64)47-36(59)28(18-30(42)54)46-34(57)25(8-6-7-15-41)44-38(61)32(20(3)50)49-39(62)33(21(4)51)48-37(60)27(17-23-9-11-24(53)12-10-23)45-35(58)26(43-22(5)52)13-14-31(55)56/h9-12,19-21,25-29,32-33,50-51,53H,6-8,13-18,41H2,1-5H3,(H2,42,54)(H,43,52)(H,44,61)(H,45,58)(H,46,57)(H,47,59)(H,48,60)(H,49,62)(H,55,56)(H,63,64)/t20-,21-,25+,26+,27+,28+,29+,32+,33+/m1/s1. The van der Waals surface area contributed by atoms with Gasteiger partial charge in [0, 0.05) is 19.8 Å². The van der Waals surface area contributed by atoms with Crippen LogP contribution in [0.5, 0.6) is 5.75 Å². The number of nitrogens with one attached hydrogen (secondary N) is 7. The lowest BCUT2D eigenvalue weighted by Gasteiger charge is -2.29. The van der Waals surface area contributed by atoms with E-state index in [0.717, 1.165) is 20.8 Å². The maximum absolute atomic E-state index is 13.8. The summed E-state index contributed by atoms with van der Waals surface area (Å²) in [5, 5.41) is 66.0. The van der Waals surface area contributed by atoms with E-state index in [4.69, 9.17) is 16.6 Å². The molecule has 0 heterocycles. The molecule has 24 heteroatoms. The zero-order valence-electron chi connectivity index (χ0n) is 36.4. The van der Waals surface area contributed by atoms with E-state index in [9.17, 15) is 68.4 Å². The lowest BCUT2D eigenvalue weighted by Crippen LogP contribution is -2.63. The van der Waals surface area contributed by atoms with E-state index in [1.807, 2.05) is 0 Å². The second-order valence-electron chi connectivity index (χ2n) is 15.7. The first-order valence-corrected chi connectivity index (χ1v) is 20.5. The molecule has 0 spiro atoms. The van der Waals surface area contributed by atoms with Crippen molar-refractivity contribution in [2.75, 3.05) is 6.54 Å². The van der Waals surface area contributed by atoms with Crippen molar-refractivity contribution in [1.29, 1.82) is 0 Å². The van der Waals surface area contributed by atoms with Gasteiger partial charge in [-0.3, -0.25) is 43.2 Å². The second kappa shape index (κ2) is 27.6. The SMILES string of the molecule is CC(=O)N[C@@H](CCC(=O)O)C(=O)N[C@@H](Cc1ccc(O)cc1)C(=O)N[C@H](C(=O)N[C@H](C(=O)N[C@@H](CCCCN)C(=O)N[C@@H](CC(N)=O)C(=O)N[C@@H](CC(C)C)C(=O)O)[C@@H](C)O)[C@@H](C)O. The molecule has 0 saturated carbocycles. The van der Waals surface area contributed by atoms with Crippen molar-refractivity contribution in [2.45, 2.75) is 140 Å². The van der Waals surface area contributed by atoms with Crippen LogP contribution in [0.3, 0.4) is 0 Å². The third kappa shape index (κ3) is 20.6. The highest BCUT2D eigenvalue weighted by Gasteiger charge is 2.37. The third-order valence-corrected chi connectivity index (χ3v) is 9.42. The quantitative estimate of drug-likeness (QED) is 0.0342. The van der Waals surface area contributed by atoms with E-state index in [-0.39, 0.29) is 50.3 Å². The minimum Gasteiger partial charge on any atom is -0.508 e. The van der Waals surface area contributed by atoms with Gasteiger partial charge in [0.05, 0.1) is 18.6 Å². The Kier molecular flexibility index (Phi) is 24.0. The average Bonchev–Trinajstić information content (AvgIpc) is 3.18. The lowest BCUT2D eigenvalue weighted by atomic mass is 10.0. The van der Waals surface area contributed by atoms with Gasteiger partial charge < -0.3 is 74.2 Å². The number of phenolic OH excluding ortho intramolecular Hbond substituents is 1. The molecule has 0 aliphatic rings. The van der Waals surface area contributed by atoms with Gasteiger partial charge in [0.15, 0.2) is 0 Å².